The number of hydrogen-bond acceptors (Lipinski definition) is 4. The number of benzene rings is 1. The third-order valence-electron chi connectivity index (χ3n) is 4.35. The van der Waals surface area contributed by atoms with Gasteiger partial charge in [-0.05, 0) is 49.6 Å². The van der Waals surface area contributed by atoms with Gasteiger partial charge in [-0.2, -0.15) is 4.31 Å². The van der Waals surface area contributed by atoms with Gasteiger partial charge in [0.15, 0.2) is 0 Å². The van der Waals surface area contributed by atoms with Gasteiger partial charge in [0.2, 0.25) is 5.91 Å². The number of aryl methyl sites for hydroxylation is 1. The Kier molecular flexibility index (Phi) is 6.02. The van der Waals surface area contributed by atoms with E-state index in [1.165, 1.54) is 0 Å². The molecule has 2 heterocycles. The number of halogens is 1. The second kappa shape index (κ2) is 8.08. The van der Waals surface area contributed by atoms with Crippen LogP contribution in [0.15, 0.2) is 34.5 Å². The van der Waals surface area contributed by atoms with Crippen LogP contribution in [0.1, 0.15) is 29.7 Å². The van der Waals surface area contributed by atoms with E-state index in [1.807, 2.05) is 13.0 Å². The van der Waals surface area contributed by atoms with Gasteiger partial charge in [-0.15, -0.1) is 11.3 Å². The van der Waals surface area contributed by atoms with Crippen LogP contribution in [-0.4, -0.2) is 31.7 Å². The smallest absolute Gasteiger partial charge is 0.252 e. The monoisotopic (exact) mass is 412 g/mol. The number of piperidine rings is 1. The minimum atomic E-state index is -3.45. The zero-order chi connectivity index (χ0) is 18.7. The Balaban J connectivity index is 1.68. The minimum absolute atomic E-state index is 0.131. The van der Waals surface area contributed by atoms with Gasteiger partial charge in [0, 0.05) is 28.7 Å². The lowest BCUT2D eigenvalue weighted by atomic mass is 10.2. The first-order chi connectivity index (χ1) is 12.4. The Hall–Kier alpha value is -1.41. The predicted molar refractivity (Wildman–Crippen MR) is 105 cm³/mol. The Morgan fingerprint density at radius 1 is 1.19 bits per heavy atom. The van der Waals surface area contributed by atoms with Crippen molar-refractivity contribution >= 4 is 44.6 Å². The van der Waals surface area contributed by atoms with Crippen molar-refractivity contribution in [3.05, 3.63) is 45.8 Å². The molecule has 1 saturated heterocycles. The van der Waals surface area contributed by atoms with Crippen molar-refractivity contribution < 1.29 is 13.2 Å². The number of nitrogens with zero attached hydrogens (tertiary/aromatic N) is 1. The minimum Gasteiger partial charge on any atom is -0.325 e. The Labute approximate surface area is 163 Å². The molecule has 1 amide bonds. The van der Waals surface area contributed by atoms with E-state index in [9.17, 15) is 13.2 Å². The molecule has 0 bridgehead atoms. The molecule has 1 aliphatic heterocycles. The fraction of sp³-hybridized carbons (Fsp3) is 0.389. The normalized spacial score (nSPS) is 15.8. The van der Waals surface area contributed by atoms with E-state index < -0.39 is 10.0 Å². The molecule has 0 aliphatic carbocycles. The molecule has 26 heavy (non-hydrogen) atoms. The van der Waals surface area contributed by atoms with Crippen LogP contribution in [0.3, 0.4) is 0 Å². The molecule has 1 fully saturated rings. The Morgan fingerprint density at radius 3 is 2.65 bits per heavy atom. The van der Waals surface area contributed by atoms with Crippen molar-refractivity contribution in [2.24, 2.45) is 0 Å². The maximum atomic E-state index is 12.7. The Bertz CT molecular complexity index is 903. The van der Waals surface area contributed by atoms with E-state index in [0.29, 0.717) is 28.0 Å². The first kappa shape index (κ1) is 19.4. The van der Waals surface area contributed by atoms with Crippen molar-refractivity contribution in [2.45, 2.75) is 36.8 Å². The van der Waals surface area contributed by atoms with Gasteiger partial charge in [0.05, 0.1) is 6.42 Å². The van der Waals surface area contributed by atoms with Crippen LogP contribution in [0.25, 0.3) is 0 Å². The fourth-order valence-electron chi connectivity index (χ4n) is 2.91. The Morgan fingerprint density at radius 2 is 1.92 bits per heavy atom. The highest BCUT2D eigenvalue weighted by atomic mass is 35.5. The van der Waals surface area contributed by atoms with E-state index >= 15 is 0 Å². The number of sulfonamides is 1. The highest BCUT2D eigenvalue weighted by molar-refractivity contribution is 7.91. The SMILES string of the molecule is Cc1ccc(Cl)cc1NC(=O)Cc1ccc(S(=O)(=O)N2CCCCC2)s1. The maximum absolute atomic E-state index is 12.7. The summed E-state index contributed by atoms with van der Waals surface area (Å²) in [6, 6.07) is 8.62. The second-order valence-corrected chi connectivity index (χ2v) is 10.1. The molecule has 0 spiro atoms. The molecule has 1 aliphatic rings. The summed E-state index contributed by atoms with van der Waals surface area (Å²) in [5, 5.41) is 3.39. The fourth-order valence-corrected chi connectivity index (χ4v) is 6.10. The number of nitrogens with one attached hydrogen (secondary N) is 1. The van der Waals surface area contributed by atoms with Gasteiger partial charge in [-0.3, -0.25) is 4.79 Å². The molecule has 1 N–H and O–H groups in total. The molecule has 0 saturated carbocycles. The van der Waals surface area contributed by atoms with E-state index in [2.05, 4.69) is 5.32 Å². The van der Waals surface area contributed by atoms with Crippen molar-refractivity contribution in [3.8, 4) is 0 Å². The molecule has 1 aromatic carbocycles. The average molecular weight is 413 g/mol. The van der Waals surface area contributed by atoms with Crippen LogP contribution in [0.2, 0.25) is 5.02 Å². The zero-order valence-electron chi connectivity index (χ0n) is 14.5. The van der Waals surface area contributed by atoms with Crippen LogP contribution in [0.5, 0.6) is 0 Å². The topological polar surface area (TPSA) is 66.5 Å². The average Bonchev–Trinajstić information content (AvgIpc) is 3.08. The molecule has 140 valence electrons. The standard InChI is InChI=1S/C18H21ClN2O3S2/c1-13-5-6-14(19)11-16(13)20-17(22)12-15-7-8-18(25-15)26(23,24)21-9-3-2-4-10-21/h5-8,11H,2-4,9-10,12H2,1H3,(H,20,22). The first-order valence-corrected chi connectivity index (χ1v) is 11.1. The van der Waals surface area contributed by atoms with Crippen LogP contribution >= 0.6 is 22.9 Å². The summed E-state index contributed by atoms with van der Waals surface area (Å²) in [6.07, 6.45) is 3.01. The van der Waals surface area contributed by atoms with E-state index in [4.69, 9.17) is 11.6 Å². The third-order valence-corrected chi connectivity index (χ3v) is 8.04. The van der Waals surface area contributed by atoms with Crippen molar-refractivity contribution in [2.75, 3.05) is 18.4 Å². The molecular formula is C18H21ClN2O3S2. The summed E-state index contributed by atoms with van der Waals surface area (Å²) in [5.41, 5.74) is 1.59. The van der Waals surface area contributed by atoms with Crippen molar-refractivity contribution in [3.63, 3.8) is 0 Å². The largest absolute Gasteiger partial charge is 0.325 e. The second-order valence-electron chi connectivity index (χ2n) is 6.37. The summed E-state index contributed by atoms with van der Waals surface area (Å²) in [6.45, 7) is 3.04. The number of anilines is 1. The van der Waals surface area contributed by atoms with Crippen molar-refractivity contribution in [1.29, 1.82) is 0 Å². The van der Waals surface area contributed by atoms with Gasteiger partial charge in [-0.1, -0.05) is 24.1 Å². The van der Waals surface area contributed by atoms with Crippen LogP contribution in [0.4, 0.5) is 5.69 Å². The number of hydrogen-bond donors (Lipinski definition) is 1. The lowest BCUT2D eigenvalue weighted by Gasteiger charge is -2.25. The first-order valence-electron chi connectivity index (χ1n) is 8.51. The highest BCUT2D eigenvalue weighted by Gasteiger charge is 2.27. The molecule has 0 radical (unpaired) electrons. The van der Waals surface area contributed by atoms with Crippen LogP contribution in [-0.2, 0) is 21.2 Å². The number of carbonyl (C=O) groups excluding carboxylic acids is 1. The number of thiophene rings is 1. The summed E-state index contributed by atoms with van der Waals surface area (Å²) in [4.78, 5) is 13.0. The zero-order valence-corrected chi connectivity index (χ0v) is 16.9. The lowest BCUT2D eigenvalue weighted by molar-refractivity contribution is -0.115. The van der Waals surface area contributed by atoms with Crippen molar-refractivity contribution in [1.82, 2.24) is 4.31 Å². The summed E-state index contributed by atoms with van der Waals surface area (Å²) < 4.78 is 27.2. The predicted octanol–water partition coefficient (Wildman–Crippen LogP) is 4.07. The van der Waals surface area contributed by atoms with E-state index in [-0.39, 0.29) is 12.3 Å². The molecule has 8 heteroatoms. The quantitative estimate of drug-likeness (QED) is 0.805. The van der Waals surface area contributed by atoms with Gasteiger partial charge in [-0.25, -0.2) is 8.42 Å². The lowest BCUT2D eigenvalue weighted by Crippen LogP contribution is -2.35. The van der Waals surface area contributed by atoms with Gasteiger partial charge in [0.25, 0.3) is 10.0 Å². The maximum Gasteiger partial charge on any atom is 0.252 e. The molecule has 0 unspecified atom stereocenters. The van der Waals surface area contributed by atoms with E-state index in [0.717, 1.165) is 41.0 Å². The molecule has 5 nitrogen and oxygen atoms in total. The summed E-state index contributed by atoms with van der Waals surface area (Å²) >= 11 is 7.13. The molecular weight excluding hydrogens is 392 g/mol. The number of rotatable bonds is 5. The summed E-state index contributed by atoms with van der Waals surface area (Å²) in [7, 11) is -3.45. The van der Waals surface area contributed by atoms with Crippen LogP contribution in [0, 0.1) is 6.92 Å². The van der Waals surface area contributed by atoms with Gasteiger partial charge >= 0.3 is 0 Å². The van der Waals surface area contributed by atoms with Crippen LogP contribution < -0.4 is 5.32 Å². The molecule has 1 aromatic heterocycles. The molecule has 3 rings (SSSR count). The molecule has 2 aromatic rings. The number of carbonyl (C=O) groups is 1. The molecule has 0 atom stereocenters. The van der Waals surface area contributed by atoms with Gasteiger partial charge in [0.1, 0.15) is 4.21 Å². The van der Waals surface area contributed by atoms with E-state index in [1.54, 1.807) is 28.6 Å². The third kappa shape index (κ3) is 4.46. The highest BCUT2D eigenvalue weighted by Crippen LogP contribution is 2.28. The summed E-state index contributed by atoms with van der Waals surface area (Å²) in [5.74, 6) is -0.195. The number of amides is 1. The van der Waals surface area contributed by atoms with Gasteiger partial charge < -0.3 is 5.32 Å².